The summed E-state index contributed by atoms with van der Waals surface area (Å²) in [6, 6.07) is 6.99. The van der Waals surface area contributed by atoms with Crippen LogP contribution in [-0.4, -0.2) is 31.0 Å². The van der Waals surface area contributed by atoms with E-state index >= 15 is 0 Å². The van der Waals surface area contributed by atoms with Crippen molar-refractivity contribution in [1.29, 1.82) is 0 Å². The molecule has 0 spiro atoms. The molecule has 1 aromatic carbocycles. The zero-order valence-corrected chi connectivity index (χ0v) is 11.4. The summed E-state index contributed by atoms with van der Waals surface area (Å²) in [5.41, 5.74) is 5.81. The Bertz CT molecular complexity index is 495. The van der Waals surface area contributed by atoms with E-state index in [1.807, 2.05) is 0 Å². The molecule has 1 aromatic rings. The topological polar surface area (TPSA) is 93.5 Å². The van der Waals surface area contributed by atoms with Gasteiger partial charge in [-0.05, 0) is 37.1 Å². The lowest BCUT2D eigenvalue weighted by molar-refractivity contribution is -0.121. The Kier molecular flexibility index (Phi) is 4.24. The molecule has 2 amide bonds. The predicted molar refractivity (Wildman–Crippen MR) is 75.4 cm³/mol. The molecular weight excluding hydrogens is 258 g/mol. The van der Waals surface area contributed by atoms with Crippen LogP contribution in [0.25, 0.3) is 0 Å². The summed E-state index contributed by atoms with van der Waals surface area (Å²) in [4.78, 5) is 22.8. The molecule has 4 N–H and O–H groups in total. The molecule has 2 rings (SSSR count). The van der Waals surface area contributed by atoms with Gasteiger partial charge >= 0.3 is 0 Å². The van der Waals surface area contributed by atoms with E-state index in [4.69, 9.17) is 10.5 Å². The molecule has 1 aliphatic rings. The number of hydrogen-bond acceptors (Lipinski definition) is 4. The molecule has 0 atom stereocenters. The van der Waals surface area contributed by atoms with Crippen LogP contribution in [0.5, 0.6) is 5.75 Å². The van der Waals surface area contributed by atoms with Crippen LogP contribution >= 0.6 is 0 Å². The van der Waals surface area contributed by atoms with Crippen LogP contribution in [0.1, 0.15) is 19.3 Å². The molecule has 108 valence electrons. The predicted octanol–water partition coefficient (Wildman–Crippen LogP) is 0.631. The van der Waals surface area contributed by atoms with Crippen molar-refractivity contribution in [1.82, 2.24) is 5.32 Å². The maximum Gasteiger partial charge on any atom is 0.244 e. The minimum atomic E-state index is -0.678. The molecule has 0 saturated heterocycles. The van der Waals surface area contributed by atoms with Gasteiger partial charge in [0.1, 0.15) is 5.75 Å². The van der Waals surface area contributed by atoms with E-state index < -0.39 is 5.54 Å². The first-order valence-corrected chi connectivity index (χ1v) is 6.57. The monoisotopic (exact) mass is 277 g/mol. The molecule has 1 fully saturated rings. The number of anilines is 1. The third-order valence-electron chi connectivity index (χ3n) is 3.23. The van der Waals surface area contributed by atoms with Crippen molar-refractivity contribution in [2.75, 3.05) is 19.0 Å². The highest BCUT2D eigenvalue weighted by Crippen LogP contribution is 2.33. The second-order valence-electron chi connectivity index (χ2n) is 4.91. The Labute approximate surface area is 117 Å². The lowest BCUT2D eigenvalue weighted by atomic mass is 10.2. The maximum atomic E-state index is 11.7. The van der Waals surface area contributed by atoms with E-state index in [1.54, 1.807) is 31.3 Å². The van der Waals surface area contributed by atoms with Gasteiger partial charge in [-0.15, -0.1) is 0 Å². The summed E-state index contributed by atoms with van der Waals surface area (Å²) >= 11 is 0. The van der Waals surface area contributed by atoms with Gasteiger partial charge in [-0.25, -0.2) is 0 Å². The first kappa shape index (κ1) is 14.3. The largest absolute Gasteiger partial charge is 0.493 e. The Morgan fingerprint density at radius 1 is 1.30 bits per heavy atom. The number of benzene rings is 1. The van der Waals surface area contributed by atoms with Crippen molar-refractivity contribution in [2.24, 2.45) is 5.73 Å². The molecule has 1 saturated carbocycles. The maximum absolute atomic E-state index is 11.7. The third-order valence-corrected chi connectivity index (χ3v) is 3.23. The van der Waals surface area contributed by atoms with Crippen LogP contribution in [-0.2, 0) is 9.59 Å². The zero-order valence-electron chi connectivity index (χ0n) is 11.4. The Morgan fingerprint density at radius 3 is 2.50 bits per heavy atom. The fraction of sp³-hybridized carbons (Fsp3) is 0.429. The number of ether oxygens (including phenoxy) is 1. The SMILES string of the molecule is CNC(=O)CCOc1ccc(NC(=O)C2(N)CC2)cc1. The molecular formula is C14H19N3O3. The Morgan fingerprint density at radius 2 is 1.95 bits per heavy atom. The van der Waals surface area contributed by atoms with E-state index in [0.717, 1.165) is 12.8 Å². The summed E-state index contributed by atoms with van der Waals surface area (Å²) < 4.78 is 5.42. The average molecular weight is 277 g/mol. The number of rotatable bonds is 6. The second kappa shape index (κ2) is 5.92. The molecule has 6 heteroatoms. The van der Waals surface area contributed by atoms with Crippen molar-refractivity contribution in [2.45, 2.75) is 24.8 Å². The highest BCUT2D eigenvalue weighted by Gasteiger charge is 2.45. The van der Waals surface area contributed by atoms with Crippen molar-refractivity contribution >= 4 is 17.5 Å². The Balaban J connectivity index is 1.80. The molecule has 0 aliphatic heterocycles. The number of amides is 2. The van der Waals surface area contributed by atoms with E-state index in [0.29, 0.717) is 24.5 Å². The third kappa shape index (κ3) is 3.71. The van der Waals surface area contributed by atoms with Gasteiger partial charge in [-0.2, -0.15) is 0 Å². The van der Waals surface area contributed by atoms with Gasteiger partial charge in [0.05, 0.1) is 18.6 Å². The molecule has 0 unspecified atom stereocenters. The van der Waals surface area contributed by atoms with E-state index in [1.165, 1.54) is 0 Å². The average Bonchev–Trinajstić information content (AvgIpc) is 3.20. The quantitative estimate of drug-likeness (QED) is 0.711. The van der Waals surface area contributed by atoms with Crippen LogP contribution in [0.2, 0.25) is 0 Å². The van der Waals surface area contributed by atoms with Gasteiger partial charge in [0.25, 0.3) is 0 Å². The summed E-state index contributed by atoms with van der Waals surface area (Å²) in [6.45, 7) is 0.317. The molecule has 0 radical (unpaired) electrons. The van der Waals surface area contributed by atoms with Crippen molar-refractivity contribution in [3.63, 3.8) is 0 Å². The standard InChI is InChI=1S/C14H19N3O3/c1-16-12(18)6-9-20-11-4-2-10(3-5-11)17-13(19)14(15)7-8-14/h2-5H,6-9,15H2,1H3,(H,16,18)(H,17,19). The van der Waals surface area contributed by atoms with Gasteiger partial charge in [0, 0.05) is 12.7 Å². The van der Waals surface area contributed by atoms with Gasteiger partial charge in [-0.1, -0.05) is 0 Å². The zero-order chi connectivity index (χ0) is 14.6. The van der Waals surface area contributed by atoms with Crippen LogP contribution in [0.15, 0.2) is 24.3 Å². The van der Waals surface area contributed by atoms with Crippen molar-refractivity contribution in [3.8, 4) is 5.75 Å². The molecule has 0 bridgehead atoms. The van der Waals surface area contributed by atoms with E-state index in [2.05, 4.69) is 10.6 Å². The molecule has 1 aliphatic carbocycles. The minimum Gasteiger partial charge on any atom is -0.493 e. The van der Waals surface area contributed by atoms with Crippen LogP contribution in [0.3, 0.4) is 0 Å². The number of nitrogens with one attached hydrogen (secondary N) is 2. The lowest BCUT2D eigenvalue weighted by Gasteiger charge is -2.11. The van der Waals surface area contributed by atoms with Crippen LogP contribution < -0.4 is 21.1 Å². The molecule has 0 aromatic heterocycles. The molecule has 0 heterocycles. The number of carbonyl (C=O) groups is 2. The first-order valence-electron chi connectivity index (χ1n) is 6.57. The summed E-state index contributed by atoms with van der Waals surface area (Å²) in [5, 5.41) is 5.30. The number of carbonyl (C=O) groups excluding carboxylic acids is 2. The fourth-order valence-electron chi connectivity index (χ4n) is 1.64. The van der Waals surface area contributed by atoms with Gasteiger partial charge in [-0.3, -0.25) is 9.59 Å². The van der Waals surface area contributed by atoms with Crippen LogP contribution in [0.4, 0.5) is 5.69 Å². The fourth-order valence-corrected chi connectivity index (χ4v) is 1.64. The lowest BCUT2D eigenvalue weighted by Crippen LogP contribution is -2.37. The summed E-state index contributed by atoms with van der Waals surface area (Å²) in [6.07, 6.45) is 1.78. The van der Waals surface area contributed by atoms with Crippen LogP contribution in [0, 0.1) is 0 Å². The highest BCUT2D eigenvalue weighted by molar-refractivity contribution is 6.00. The summed E-state index contributed by atoms with van der Waals surface area (Å²) in [5.74, 6) is 0.443. The number of hydrogen-bond donors (Lipinski definition) is 3. The van der Waals surface area contributed by atoms with Crippen molar-refractivity contribution < 1.29 is 14.3 Å². The Hall–Kier alpha value is -2.08. The van der Waals surface area contributed by atoms with Gasteiger partial charge in [0.15, 0.2) is 0 Å². The highest BCUT2D eigenvalue weighted by atomic mass is 16.5. The summed E-state index contributed by atoms with van der Waals surface area (Å²) in [7, 11) is 1.59. The molecule has 6 nitrogen and oxygen atoms in total. The van der Waals surface area contributed by atoms with Gasteiger partial charge in [0.2, 0.25) is 11.8 Å². The molecule has 20 heavy (non-hydrogen) atoms. The van der Waals surface area contributed by atoms with E-state index in [9.17, 15) is 9.59 Å². The minimum absolute atomic E-state index is 0.0634. The normalized spacial score (nSPS) is 15.3. The van der Waals surface area contributed by atoms with Gasteiger partial charge < -0.3 is 21.1 Å². The van der Waals surface area contributed by atoms with E-state index in [-0.39, 0.29) is 11.8 Å². The first-order chi connectivity index (χ1) is 9.53. The van der Waals surface area contributed by atoms with Crippen molar-refractivity contribution in [3.05, 3.63) is 24.3 Å². The second-order valence-corrected chi connectivity index (χ2v) is 4.91. The smallest absolute Gasteiger partial charge is 0.244 e. The number of nitrogens with two attached hydrogens (primary N) is 1.